The number of hydrogen-bond acceptors (Lipinski definition) is 4. The first kappa shape index (κ1) is 12.2. The molecule has 0 unspecified atom stereocenters. The van der Waals surface area contributed by atoms with Crippen LogP contribution >= 0.6 is 0 Å². The van der Waals surface area contributed by atoms with Crippen LogP contribution in [-0.4, -0.2) is 34.1 Å². The molecule has 5 nitrogen and oxygen atoms in total. The fourth-order valence-corrected chi connectivity index (χ4v) is 1.24. The fraction of sp³-hybridized carbons (Fsp3) is 0.364. The summed E-state index contributed by atoms with van der Waals surface area (Å²) >= 11 is 0. The Morgan fingerprint density at radius 1 is 1.56 bits per heavy atom. The third-order valence-electron chi connectivity index (χ3n) is 2.18. The normalized spacial score (nSPS) is 9.88. The number of hydrogen-bond donors (Lipinski definition) is 1. The van der Waals surface area contributed by atoms with Crippen LogP contribution in [0.2, 0.25) is 0 Å². The van der Waals surface area contributed by atoms with E-state index in [9.17, 15) is 4.79 Å². The second kappa shape index (κ2) is 5.25. The van der Waals surface area contributed by atoms with Crippen molar-refractivity contribution in [2.75, 3.05) is 18.0 Å². The minimum absolute atomic E-state index is 0.108. The van der Waals surface area contributed by atoms with Gasteiger partial charge in [-0.1, -0.05) is 6.08 Å². The molecule has 16 heavy (non-hydrogen) atoms. The van der Waals surface area contributed by atoms with Crippen molar-refractivity contribution in [1.82, 2.24) is 9.97 Å². The van der Waals surface area contributed by atoms with Crippen molar-refractivity contribution in [3.8, 4) is 0 Å². The average molecular weight is 221 g/mol. The van der Waals surface area contributed by atoms with Crippen LogP contribution in [-0.2, 0) is 4.79 Å². The molecule has 0 atom stereocenters. The Bertz CT molecular complexity index is 404. The lowest BCUT2D eigenvalue weighted by atomic mass is 10.3. The number of anilines is 1. The van der Waals surface area contributed by atoms with Crippen molar-refractivity contribution in [3.05, 3.63) is 30.2 Å². The van der Waals surface area contributed by atoms with Gasteiger partial charge < -0.3 is 10.0 Å². The third-order valence-corrected chi connectivity index (χ3v) is 2.18. The summed E-state index contributed by atoms with van der Waals surface area (Å²) in [4.78, 5) is 20.7. The van der Waals surface area contributed by atoms with E-state index in [0.717, 1.165) is 11.4 Å². The van der Waals surface area contributed by atoms with Crippen LogP contribution < -0.4 is 4.90 Å². The minimum atomic E-state index is -0.901. The molecule has 1 rings (SSSR count). The number of aryl methyl sites for hydroxylation is 2. The zero-order valence-corrected chi connectivity index (χ0v) is 9.47. The van der Waals surface area contributed by atoms with Gasteiger partial charge in [0.1, 0.15) is 12.4 Å². The van der Waals surface area contributed by atoms with Crippen LogP contribution in [0.4, 0.5) is 5.82 Å². The highest BCUT2D eigenvalue weighted by molar-refractivity contribution is 5.73. The van der Waals surface area contributed by atoms with E-state index in [2.05, 4.69) is 16.5 Å². The predicted molar refractivity (Wildman–Crippen MR) is 61.6 cm³/mol. The van der Waals surface area contributed by atoms with Crippen molar-refractivity contribution < 1.29 is 9.90 Å². The Morgan fingerprint density at radius 3 is 2.75 bits per heavy atom. The highest BCUT2D eigenvalue weighted by Gasteiger charge is 2.11. The largest absolute Gasteiger partial charge is 0.480 e. The molecule has 86 valence electrons. The van der Waals surface area contributed by atoms with Crippen molar-refractivity contribution in [2.45, 2.75) is 13.8 Å². The highest BCUT2D eigenvalue weighted by atomic mass is 16.4. The van der Waals surface area contributed by atoms with Crippen molar-refractivity contribution in [2.24, 2.45) is 0 Å². The average Bonchev–Trinajstić information content (AvgIpc) is 2.21. The first-order valence-corrected chi connectivity index (χ1v) is 4.92. The van der Waals surface area contributed by atoms with Crippen molar-refractivity contribution in [3.63, 3.8) is 0 Å². The molecule has 0 radical (unpaired) electrons. The van der Waals surface area contributed by atoms with Crippen LogP contribution in [0, 0.1) is 13.8 Å². The zero-order valence-electron chi connectivity index (χ0n) is 9.47. The lowest BCUT2D eigenvalue weighted by Gasteiger charge is -2.19. The molecule has 5 heteroatoms. The summed E-state index contributed by atoms with van der Waals surface area (Å²) in [5, 5.41) is 8.77. The summed E-state index contributed by atoms with van der Waals surface area (Å²) in [5.74, 6) is -0.340. The standard InChI is InChI=1S/C11H15N3O2/c1-4-5-14(7-11(15)16)10-6-12-8(2)9(3)13-10/h4,6H,1,5,7H2,2-3H3,(H,15,16). The Morgan fingerprint density at radius 2 is 2.25 bits per heavy atom. The van der Waals surface area contributed by atoms with Gasteiger partial charge in [0.05, 0.1) is 17.6 Å². The zero-order chi connectivity index (χ0) is 12.1. The maximum absolute atomic E-state index is 10.7. The van der Waals surface area contributed by atoms with Gasteiger partial charge in [0.15, 0.2) is 0 Å². The summed E-state index contributed by atoms with van der Waals surface area (Å²) in [6.07, 6.45) is 3.22. The Hall–Kier alpha value is -1.91. The van der Waals surface area contributed by atoms with E-state index in [0.29, 0.717) is 12.4 Å². The number of carboxylic acid groups (broad SMARTS) is 1. The molecule has 0 aromatic carbocycles. The van der Waals surface area contributed by atoms with Crippen LogP contribution in [0.25, 0.3) is 0 Å². The van der Waals surface area contributed by atoms with Crippen LogP contribution in [0.1, 0.15) is 11.4 Å². The van der Waals surface area contributed by atoms with E-state index < -0.39 is 5.97 Å². The second-order valence-corrected chi connectivity index (χ2v) is 3.46. The summed E-state index contributed by atoms with van der Waals surface area (Å²) in [5.41, 5.74) is 1.65. The molecule has 1 aromatic heterocycles. The molecule has 0 aliphatic rings. The summed E-state index contributed by atoms with van der Waals surface area (Å²) in [6, 6.07) is 0. The Balaban J connectivity index is 2.95. The molecular formula is C11H15N3O2. The lowest BCUT2D eigenvalue weighted by molar-refractivity contribution is -0.135. The highest BCUT2D eigenvalue weighted by Crippen LogP contribution is 2.11. The van der Waals surface area contributed by atoms with E-state index in [1.54, 1.807) is 17.2 Å². The molecule has 0 saturated heterocycles. The van der Waals surface area contributed by atoms with Gasteiger partial charge in [-0.2, -0.15) is 0 Å². The minimum Gasteiger partial charge on any atom is -0.480 e. The summed E-state index contributed by atoms with van der Waals surface area (Å²) in [7, 11) is 0. The van der Waals surface area contributed by atoms with Gasteiger partial charge in [0.25, 0.3) is 0 Å². The van der Waals surface area contributed by atoms with Gasteiger partial charge in [0.2, 0.25) is 0 Å². The molecule has 0 saturated carbocycles. The van der Waals surface area contributed by atoms with E-state index in [1.807, 2.05) is 13.8 Å². The van der Waals surface area contributed by atoms with Gasteiger partial charge >= 0.3 is 5.97 Å². The first-order chi connectivity index (χ1) is 7.54. The van der Waals surface area contributed by atoms with Gasteiger partial charge in [-0.25, -0.2) is 4.98 Å². The van der Waals surface area contributed by atoms with E-state index >= 15 is 0 Å². The predicted octanol–water partition coefficient (Wildman–Crippen LogP) is 1.17. The first-order valence-electron chi connectivity index (χ1n) is 4.92. The fourth-order valence-electron chi connectivity index (χ4n) is 1.24. The number of rotatable bonds is 5. The van der Waals surface area contributed by atoms with Gasteiger partial charge in [-0.3, -0.25) is 9.78 Å². The lowest BCUT2D eigenvalue weighted by Crippen LogP contribution is -2.30. The molecule has 1 heterocycles. The number of aromatic nitrogens is 2. The molecule has 0 aliphatic carbocycles. The van der Waals surface area contributed by atoms with Gasteiger partial charge in [-0.05, 0) is 13.8 Å². The maximum atomic E-state index is 10.7. The van der Waals surface area contributed by atoms with Crippen LogP contribution in [0.5, 0.6) is 0 Å². The number of aliphatic carboxylic acids is 1. The van der Waals surface area contributed by atoms with E-state index in [-0.39, 0.29) is 6.54 Å². The number of carbonyl (C=O) groups is 1. The third kappa shape index (κ3) is 3.05. The van der Waals surface area contributed by atoms with Crippen molar-refractivity contribution >= 4 is 11.8 Å². The quantitative estimate of drug-likeness (QED) is 0.756. The van der Waals surface area contributed by atoms with Gasteiger partial charge in [-0.15, -0.1) is 6.58 Å². The molecule has 0 spiro atoms. The van der Waals surface area contributed by atoms with Gasteiger partial charge in [0, 0.05) is 6.54 Å². The summed E-state index contributed by atoms with van der Waals surface area (Å²) in [6.45, 7) is 7.62. The smallest absolute Gasteiger partial charge is 0.323 e. The van der Waals surface area contributed by atoms with Crippen LogP contribution in [0.15, 0.2) is 18.9 Å². The van der Waals surface area contributed by atoms with Crippen LogP contribution in [0.3, 0.4) is 0 Å². The molecule has 1 N–H and O–H groups in total. The SMILES string of the molecule is C=CCN(CC(=O)O)c1cnc(C)c(C)n1. The number of nitrogens with zero attached hydrogens (tertiary/aromatic N) is 3. The number of carboxylic acids is 1. The topological polar surface area (TPSA) is 66.3 Å². The molecule has 0 fully saturated rings. The second-order valence-electron chi connectivity index (χ2n) is 3.46. The summed E-state index contributed by atoms with van der Waals surface area (Å²) < 4.78 is 0. The molecular weight excluding hydrogens is 206 g/mol. The Kier molecular flexibility index (Phi) is 3.99. The Labute approximate surface area is 94.5 Å². The van der Waals surface area contributed by atoms with E-state index in [1.165, 1.54) is 0 Å². The monoisotopic (exact) mass is 221 g/mol. The molecule has 0 aliphatic heterocycles. The van der Waals surface area contributed by atoms with Crippen molar-refractivity contribution in [1.29, 1.82) is 0 Å². The maximum Gasteiger partial charge on any atom is 0.323 e. The molecule has 1 aromatic rings. The van der Waals surface area contributed by atoms with E-state index in [4.69, 9.17) is 5.11 Å². The molecule has 0 amide bonds. The molecule has 0 bridgehead atoms.